The number of halogens is 2. The smallest absolute Gasteiger partial charge is 0.286 e. The lowest BCUT2D eigenvalue weighted by atomic mass is 10.0. The first-order valence-corrected chi connectivity index (χ1v) is 12.7. The van der Waals surface area contributed by atoms with Crippen molar-refractivity contribution in [3.05, 3.63) is 67.6 Å². The summed E-state index contributed by atoms with van der Waals surface area (Å²) < 4.78 is 7.65. The molecule has 2 aromatic heterocycles. The molecule has 0 aliphatic carbocycles. The Balaban J connectivity index is 1.59. The SMILES string of the molecule is O=C(NN1CCCCCC1)c1nn(-c2ccc(Cl)cc2Cl)c2c1COCC2=Cc1cccs1. The minimum absolute atomic E-state index is 0.224. The number of aromatic nitrogens is 2. The van der Waals surface area contributed by atoms with Crippen LogP contribution in [-0.4, -0.2) is 40.4 Å². The summed E-state index contributed by atoms with van der Waals surface area (Å²) in [7, 11) is 0. The lowest BCUT2D eigenvalue weighted by Gasteiger charge is -2.21. The predicted octanol–water partition coefficient (Wildman–Crippen LogP) is 5.83. The number of hydrazine groups is 1. The number of nitrogens with zero attached hydrogens (tertiary/aromatic N) is 3. The molecule has 1 amide bonds. The van der Waals surface area contributed by atoms with Crippen LogP contribution in [0.2, 0.25) is 10.0 Å². The molecule has 0 atom stereocenters. The molecule has 6 nitrogen and oxygen atoms in total. The third-order valence-electron chi connectivity index (χ3n) is 5.87. The molecule has 1 fully saturated rings. The van der Waals surface area contributed by atoms with Gasteiger partial charge in [0.2, 0.25) is 0 Å². The molecule has 1 saturated heterocycles. The number of ether oxygens (including phenoxy) is 1. The molecule has 33 heavy (non-hydrogen) atoms. The zero-order valence-electron chi connectivity index (χ0n) is 18.0. The third-order valence-corrected chi connectivity index (χ3v) is 7.23. The molecule has 0 saturated carbocycles. The van der Waals surface area contributed by atoms with Crippen LogP contribution in [0.4, 0.5) is 0 Å². The zero-order chi connectivity index (χ0) is 22.8. The fraction of sp³-hybridized carbons (Fsp3) is 0.333. The maximum Gasteiger partial charge on any atom is 0.286 e. The van der Waals surface area contributed by atoms with Gasteiger partial charge in [-0.15, -0.1) is 11.3 Å². The molecular weight excluding hydrogens is 479 g/mol. The summed E-state index contributed by atoms with van der Waals surface area (Å²) in [4.78, 5) is 14.5. The summed E-state index contributed by atoms with van der Waals surface area (Å²) in [6, 6.07) is 9.35. The number of thiophene rings is 1. The highest BCUT2D eigenvalue weighted by atomic mass is 35.5. The van der Waals surface area contributed by atoms with Crippen molar-refractivity contribution < 1.29 is 9.53 Å². The van der Waals surface area contributed by atoms with Crippen LogP contribution in [0.1, 0.15) is 52.3 Å². The van der Waals surface area contributed by atoms with E-state index in [-0.39, 0.29) is 5.91 Å². The molecule has 172 valence electrons. The quantitative estimate of drug-likeness (QED) is 0.487. The van der Waals surface area contributed by atoms with Gasteiger partial charge in [0, 0.05) is 34.1 Å². The van der Waals surface area contributed by atoms with Crippen molar-refractivity contribution in [3.63, 3.8) is 0 Å². The monoisotopic (exact) mass is 502 g/mol. The summed E-state index contributed by atoms with van der Waals surface area (Å²) in [6.07, 6.45) is 6.61. The van der Waals surface area contributed by atoms with Gasteiger partial charge in [0.05, 0.1) is 29.6 Å². The highest BCUT2D eigenvalue weighted by Gasteiger charge is 2.30. The van der Waals surface area contributed by atoms with Crippen molar-refractivity contribution in [1.29, 1.82) is 0 Å². The average molecular weight is 503 g/mol. The molecule has 9 heteroatoms. The van der Waals surface area contributed by atoms with Crippen LogP contribution in [-0.2, 0) is 11.3 Å². The van der Waals surface area contributed by atoms with Crippen LogP contribution in [0.5, 0.6) is 0 Å². The lowest BCUT2D eigenvalue weighted by Crippen LogP contribution is -2.43. The standard InChI is InChI=1S/C24H24Cl2N4O2S/c25-17-7-8-21(20(26)13-17)30-23-16(12-18-6-5-11-33-18)14-32-15-19(23)22(27-30)24(31)28-29-9-3-1-2-4-10-29/h5-8,11-13H,1-4,9-10,14-15H2,(H,28,31). The summed E-state index contributed by atoms with van der Waals surface area (Å²) in [5.74, 6) is -0.224. The van der Waals surface area contributed by atoms with Crippen molar-refractivity contribution >= 4 is 52.1 Å². The van der Waals surface area contributed by atoms with Gasteiger partial charge in [0.25, 0.3) is 5.91 Å². The number of carbonyl (C=O) groups is 1. The fourth-order valence-electron chi connectivity index (χ4n) is 4.29. The minimum atomic E-state index is -0.224. The molecule has 1 aromatic carbocycles. The van der Waals surface area contributed by atoms with E-state index in [0.717, 1.165) is 47.6 Å². The van der Waals surface area contributed by atoms with Gasteiger partial charge in [0.15, 0.2) is 5.69 Å². The molecule has 2 aliphatic heterocycles. The Labute approximate surface area is 206 Å². The number of hydrogen-bond acceptors (Lipinski definition) is 5. The Morgan fingerprint density at radius 1 is 1.12 bits per heavy atom. The second-order valence-corrected chi connectivity index (χ2v) is 10.0. The van der Waals surface area contributed by atoms with Gasteiger partial charge < -0.3 is 4.74 Å². The Morgan fingerprint density at radius 2 is 1.94 bits per heavy atom. The highest BCUT2D eigenvalue weighted by molar-refractivity contribution is 7.10. The second kappa shape index (κ2) is 9.99. The molecule has 0 unspecified atom stereocenters. The van der Waals surface area contributed by atoms with E-state index in [1.807, 2.05) is 22.5 Å². The Kier molecular flexibility index (Phi) is 6.85. The first-order chi connectivity index (χ1) is 16.1. The van der Waals surface area contributed by atoms with Crippen LogP contribution in [0.3, 0.4) is 0 Å². The Hall–Kier alpha value is -2.16. The predicted molar refractivity (Wildman–Crippen MR) is 133 cm³/mol. The number of benzene rings is 1. The Bertz CT molecular complexity index is 1180. The zero-order valence-corrected chi connectivity index (χ0v) is 20.3. The molecule has 4 heterocycles. The normalized spacial score (nSPS) is 18.2. The van der Waals surface area contributed by atoms with E-state index in [1.165, 1.54) is 12.8 Å². The van der Waals surface area contributed by atoms with E-state index in [0.29, 0.717) is 34.6 Å². The van der Waals surface area contributed by atoms with Gasteiger partial charge in [0.1, 0.15) is 0 Å². The maximum absolute atomic E-state index is 13.3. The molecule has 1 N–H and O–H groups in total. The molecular formula is C24H24Cl2N4O2S. The minimum Gasteiger partial charge on any atom is -0.372 e. The van der Waals surface area contributed by atoms with Crippen LogP contribution >= 0.6 is 34.5 Å². The van der Waals surface area contributed by atoms with E-state index in [1.54, 1.807) is 28.2 Å². The van der Waals surface area contributed by atoms with Gasteiger partial charge in [-0.25, -0.2) is 9.69 Å². The number of fused-ring (bicyclic) bond motifs is 1. The average Bonchev–Trinajstić information content (AvgIpc) is 3.37. The molecule has 0 spiro atoms. The van der Waals surface area contributed by atoms with E-state index >= 15 is 0 Å². The van der Waals surface area contributed by atoms with Gasteiger partial charge in [-0.2, -0.15) is 5.10 Å². The molecule has 2 aliphatic rings. The van der Waals surface area contributed by atoms with E-state index in [9.17, 15) is 4.79 Å². The topological polar surface area (TPSA) is 59.4 Å². The second-order valence-electron chi connectivity index (χ2n) is 8.20. The number of nitrogens with one attached hydrogen (secondary N) is 1. The van der Waals surface area contributed by atoms with E-state index in [4.69, 9.17) is 33.0 Å². The molecule has 0 radical (unpaired) electrons. The largest absolute Gasteiger partial charge is 0.372 e. The lowest BCUT2D eigenvalue weighted by molar-refractivity contribution is 0.0781. The maximum atomic E-state index is 13.3. The number of hydrogen-bond donors (Lipinski definition) is 1. The van der Waals surface area contributed by atoms with Crippen molar-refractivity contribution in [2.45, 2.75) is 32.3 Å². The van der Waals surface area contributed by atoms with Crippen LogP contribution in [0.15, 0.2) is 35.7 Å². The van der Waals surface area contributed by atoms with Crippen molar-refractivity contribution in [1.82, 2.24) is 20.2 Å². The fourth-order valence-corrected chi connectivity index (χ4v) is 5.46. The Morgan fingerprint density at radius 3 is 2.67 bits per heavy atom. The summed E-state index contributed by atoms with van der Waals surface area (Å²) in [6.45, 7) is 2.43. The third kappa shape index (κ3) is 4.88. The van der Waals surface area contributed by atoms with Crippen molar-refractivity contribution in [2.24, 2.45) is 0 Å². The van der Waals surface area contributed by atoms with Gasteiger partial charge >= 0.3 is 0 Å². The van der Waals surface area contributed by atoms with Gasteiger partial charge in [-0.1, -0.05) is 42.1 Å². The van der Waals surface area contributed by atoms with E-state index in [2.05, 4.69) is 17.6 Å². The van der Waals surface area contributed by atoms with Gasteiger partial charge in [-0.05, 0) is 48.6 Å². The summed E-state index contributed by atoms with van der Waals surface area (Å²) in [5.41, 5.74) is 6.66. The molecule has 3 aromatic rings. The molecule has 5 rings (SSSR count). The van der Waals surface area contributed by atoms with Crippen LogP contribution in [0.25, 0.3) is 17.3 Å². The first-order valence-electron chi connectivity index (χ1n) is 11.1. The van der Waals surface area contributed by atoms with Crippen molar-refractivity contribution in [2.75, 3.05) is 19.7 Å². The first kappa shape index (κ1) is 22.6. The van der Waals surface area contributed by atoms with E-state index < -0.39 is 0 Å². The van der Waals surface area contributed by atoms with Gasteiger partial charge in [-0.3, -0.25) is 10.2 Å². The number of carbonyl (C=O) groups excluding carboxylic acids is 1. The summed E-state index contributed by atoms with van der Waals surface area (Å²) >= 11 is 14.3. The number of amides is 1. The summed E-state index contributed by atoms with van der Waals surface area (Å²) in [5, 5.41) is 9.80. The van der Waals surface area contributed by atoms with Crippen LogP contribution in [0, 0.1) is 0 Å². The van der Waals surface area contributed by atoms with Crippen LogP contribution < -0.4 is 5.43 Å². The molecule has 0 bridgehead atoms. The highest BCUT2D eigenvalue weighted by Crippen LogP contribution is 2.35. The number of rotatable bonds is 4. The van der Waals surface area contributed by atoms with Crippen molar-refractivity contribution in [3.8, 4) is 5.69 Å².